The number of benzene rings is 1. The molecule has 0 radical (unpaired) electrons. The summed E-state index contributed by atoms with van der Waals surface area (Å²) in [6.45, 7) is 2.81. The SMILES string of the molecule is CCc1oc2ccccc2c1C=CC(=O)NC1=NCCS1. The molecular weight excluding hydrogens is 284 g/mol. The molecule has 1 aromatic carbocycles. The molecule has 1 aliphatic heterocycles. The van der Waals surface area contributed by atoms with Crippen molar-refractivity contribution in [1.29, 1.82) is 0 Å². The number of rotatable bonds is 3. The molecule has 3 rings (SSSR count). The molecule has 1 amide bonds. The van der Waals surface area contributed by atoms with E-state index >= 15 is 0 Å². The predicted octanol–water partition coefficient (Wildman–Crippen LogP) is 3.23. The Labute approximate surface area is 127 Å². The van der Waals surface area contributed by atoms with Gasteiger partial charge in [0.2, 0.25) is 5.91 Å². The number of nitrogens with zero attached hydrogens (tertiary/aromatic N) is 1. The van der Waals surface area contributed by atoms with Crippen molar-refractivity contribution >= 4 is 39.9 Å². The van der Waals surface area contributed by atoms with Gasteiger partial charge in [0.1, 0.15) is 11.3 Å². The minimum absolute atomic E-state index is 0.157. The first kappa shape index (κ1) is 13.9. The third-order valence-electron chi connectivity index (χ3n) is 3.25. The zero-order valence-corrected chi connectivity index (χ0v) is 12.6. The summed E-state index contributed by atoms with van der Waals surface area (Å²) in [5.41, 5.74) is 1.83. The molecule has 0 saturated heterocycles. The van der Waals surface area contributed by atoms with Gasteiger partial charge in [0, 0.05) is 29.2 Å². The number of carbonyl (C=O) groups is 1. The van der Waals surface area contributed by atoms with Gasteiger partial charge in [0.15, 0.2) is 5.17 Å². The van der Waals surface area contributed by atoms with Crippen LogP contribution in [0.5, 0.6) is 0 Å². The number of aryl methyl sites for hydroxylation is 1. The summed E-state index contributed by atoms with van der Waals surface area (Å²) >= 11 is 1.57. The molecule has 0 spiro atoms. The summed E-state index contributed by atoms with van der Waals surface area (Å²) in [4.78, 5) is 16.1. The highest BCUT2D eigenvalue weighted by Gasteiger charge is 2.11. The topological polar surface area (TPSA) is 54.6 Å². The fraction of sp³-hybridized carbons (Fsp3) is 0.250. The molecule has 108 valence electrons. The Morgan fingerprint density at radius 3 is 3.10 bits per heavy atom. The summed E-state index contributed by atoms with van der Waals surface area (Å²) < 4.78 is 5.80. The van der Waals surface area contributed by atoms with Crippen LogP contribution < -0.4 is 5.32 Å². The van der Waals surface area contributed by atoms with E-state index < -0.39 is 0 Å². The van der Waals surface area contributed by atoms with Crippen LogP contribution in [0.3, 0.4) is 0 Å². The molecule has 1 aromatic heterocycles. The van der Waals surface area contributed by atoms with Gasteiger partial charge in [-0.1, -0.05) is 36.9 Å². The van der Waals surface area contributed by atoms with Gasteiger partial charge in [0.25, 0.3) is 0 Å². The van der Waals surface area contributed by atoms with Gasteiger partial charge in [-0.25, -0.2) is 0 Å². The lowest BCUT2D eigenvalue weighted by atomic mass is 10.1. The Morgan fingerprint density at radius 1 is 1.48 bits per heavy atom. The summed E-state index contributed by atoms with van der Waals surface area (Å²) in [7, 11) is 0. The van der Waals surface area contributed by atoms with Crippen molar-refractivity contribution in [2.45, 2.75) is 13.3 Å². The van der Waals surface area contributed by atoms with Gasteiger partial charge in [-0.3, -0.25) is 9.79 Å². The van der Waals surface area contributed by atoms with Crippen molar-refractivity contribution in [1.82, 2.24) is 5.32 Å². The van der Waals surface area contributed by atoms with E-state index in [1.165, 1.54) is 6.08 Å². The van der Waals surface area contributed by atoms with E-state index in [2.05, 4.69) is 10.3 Å². The fourth-order valence-corrected chi connectivity index (χ4v) is 3.01. The second-order valence-electron chi connectivity index (χ2n) is 4.65. The van der Waals surface area contributed by atoms with Gasteiger partial charge < -0.3 is 9.73 Å². The maximum absolute atomic E-state index is 11.9. The van der Waals surface area contributed by atoms with Gasteiger partial charge in [-0.05, 0) is 12.1 Å². The van der Waals surface area contributed by atoms with Crippen LogP contribution in [0.15, 0.2) is 39.8 Å². The molecule has 2 heterocycles. The van der Waals surface area contributed by atoms with Crippen molar-refractivity contribution in [3.8, 4) is 0 Å². The zero-order chi connectivity index (χ0) is 14.7. The molecule has 5 heteroatoms. The third kappa shape index (κ3) is 3.03. The molecule has 4 nitrogen and oxygen atoms in total. The van der Waals surface area contributed by atoms with Gasteiger partial charge >= 0.3 is 0 Å². The standard InChI is InChI=1S/C16H16N2O2S/c1-2-13-12(11-5-3-4-6-14(11)20-13)7-8-15(19)18-16-17-9-10-21-16/h3-8H,2,9-10H2,1H3,(H,17,18,19). The quantitative estimate of drug-likeness (QED) is 0.885. The number of fused-ring (bicyclic) bond motifs is 1. The highest BCUT2D eigenvalue weighted by molar-refractivity contribution is 8.14. The fourth-order valence-electron chi connectivity index (χ4n) is 2.28. The Bertz CT molecular complexity index is 731. The molecule has 1 aliphatic rings. The van der Waals surface area contributed by atoms with Crippen molar-refractivity contribution in [2.75, 3.05) is 12.3 Å². The Kier molecular flexibility index (Phi) is 4.10. The minimum atomic E-state index is -0.157. The van der Waals surface area contributed by atoms with Crippen LogP contribution in [-0.2, 0) is 11.2 Å². The Balaban J connectivity index is 1.83. The second-order valence-corrected chi connectivity index (χ2v) is 5.73. The van der Waals surface area contributed by atoms with Crippen LogP contribution >= 0.6 is 11.8 Å². The average Bonchev–Trinajstić information content (AvgIpc) is 3.12. The minimum Gasteiger partial charge on any atom is -0.460 e. The first-order valence-corrected chi connectivity index (χ1v) is 7.93. The molecule has 0 atom stereocenters. The van der Waals surface area contributed by atoms with Crippen LogP contribution in [0.25, 0.3) is 17.0 Å². The number of amidine groups is 1. The zero-order valence-electron chi connectivity index (χ0n) is 11.8. The van der Waals surface area contributed by atoms with E-state index in [9.17, 15) is 4.79 Å². The first-order chi connectivity index (χ1) is 10.3. The molecular formula is C16H16N2O2S. The van der Waals surface area contributed by atoms with Crippen LogP contribution in [0.2, 0.25) is 0 Å². The molecule has 0 unspecified atom stereocenters. The molecule has 0 bridgehead atoms. The molecule has 0 fully saturated rings. The summed E-state index contributed by atoms with van der Waals surface area (Å²) in [6, 6.07) is 7.86. The number of carbonyl (C=O) groups excluding carboxylic acids is 1. The molecule has 0 aliphatic carbocycles. The third-order valence-corrected chi connectivity index (χ3v) is 4.14. The average molecular weight is 300 g/mol. The van der Waals surface area contributed by atoms with E-state index in [-0.39, 0.29) is 5.91 Å². The highest BCUT2D eigenvalue weighted by atomic mass is 32.2. The molecule has 21 heavy (non-hydrogen) atoms. The highest BCUT2D eigenvalue weighted by Crippen LogP contribution is 2.27. The largest absolute Gasteiger partial charge is 0.460 e. The number of hydrogen-bond acceptors (Lipinski definition) is 4. The van der Waals surface area contributed by atoms with Crippen molar-refractivity contribution < 1.29 is 9.21 Å². The summed E-state index contributed by atoms with van der Waals surface area (Å²) in [5.74, 6) is 1.68. The number of nitrogens with one attached hydrogen (secondary N) is 1. The number of hydrogen-bond donors (Lipinski definition) is 1. The van der Waals surface area contributed by atoms with E-state index in [0.717, 1.165) is 41.0 Å². The van der Waals surface area contributed by atoms with Crippen LogP contribution in [-0.4, -0.2) is 23.4 Å². The van der Waals surface area contributed by atoms with Crippen molar-refractivity contribution in [3.63, 3.8) is 0 Å². The summed E-state index contributed by atoms with van der Waals surface area (Å²) in [6.07, 6.45) is 4.15. The maximum atomic E-state index is 11.9. The smallest absolute Gasteiger partial charge is 0.249 e. The lowest BCUT2D eigenvalue weighted by molar-refractivity contribution is -0.115. The Morgan fingerprint density at radius 2 is 2.33 bits per heavy atom. The maximum Gasteiger partial charge on any atom is 0.249 e. The first-order valence-electron chi connectivity index (χ1n) is 6.94. The van der Waals surface area contributed by atoms with Crippen molar-refractivity contribution in [3.05, 3.63) is 41.7 Å². The van der Waals surface area contributed by atoms with Crippen LogP contribution in [0.1, 0.15) is 18.2 Å². The van der Waals surface area contributed by atoms with Crippen molar-refractivity contribution in [2.24, 2.45) is 4.99 Å². The van der Waals surface area contributed by atoms with Gasteiger partial charge in [-0.2, -0.15) is 0 Å². The molecule has 1 N–H and O–H groups in total. The van der Waals surface area contributed by atoms with Crippen LogP contribution in [0.4, 0.5) is 0 Å². The monoisotopic (exact) mass is 300 g/mol. The predicted molar refractivity (Wildman–Crippen MR) is 87.5 cm³/mol. The Hall–Kier alpha value is -2.01. The second kappa shape index (κ2) is 6.18. The number of thioether (sulfide) groups is 1. The van der Waals surface area contributed by atoms with Gasteiger partial charge in [-0.15, -0.1) is 0 Å². The van der Waals surface area contributed by atoms with E-state index in [0.29, 0.717) is 5.17 Å². The number of furan rings is 1. The van der Waals surface area contributed by atoms with E-state index in [1.807, 2.05) is 37.3 Å². The van der Waals surface area contributed by atoms with E-state index in [4.69, 9.17) is 4.42 Å². The number of amides is 1. The normalized spacial score (nSPS) is 14.8. The number of para-hydroxylation sites is 1. The van der Waals surface area contributed by atoms with Crippen LogP contribution in [0, 0.1) is 0 Å². The lowest BCUT2D eigenvalue weighted by Crippen LogP contribution is -2.25. The number of aliphatic imine (C=N–C) groups is 1. The van der Waals surface area contributed by atoms with Gasteiger partial charge in [0.05, 0.1) is 6.54 Å². The van der Waals surface area contributed by atoms with E-state index in [1.54, 1.807) is 11.8 Å². The molecule has 2 aromatic rings. The molecule has 0 saturated carbocycles. The summed E-state index contributed by atoms with van der Waals surface area (Å²) in [5, 5.41) is 4.52. The lowest BCUT2D eigenvalue weighted by Gasteiger charge is -1.99.